The summed E-state index contributed by atoms with van der Waals surface area (Å²) in [4.78, 5) is 30.1. The summed E-state index contributed by atoms with van der Waals surface area (Å²) < 4.78 is 2.32. The van der Waals surface area contributed by atoms with Crippen molar-refractivity contribution in [1.29, 1.82) is 0 Å². The lowest BCUT2D eigenvalue weighted by Gasteiger charge is -2.40. The SMILES string of the molecule is CCN(c1cc(Br)cc(C(=O)NCc2c(C)[nH]n(C)c2=O)c1C)C1CCC(N(C)C)CC1. The van der Waals surface area contributed by atoms with E-state index < -0.39 is 0 Å². The fourth-order valence-corrected chi connectivity index (χ4v) is 5.36. The summed E-state index contributed by atoms with van der Waals surface area (Å²) in [6.45, 7) is 7.14. The second-order valence-corrected chi connectivity index (χ2v) is 9.99. The third kappa shape index (κ3) is 5.12. The summed E-state index contributed by atoms with van der Waals surface area (Å²) in [7, 11) is 6.00. The standard InChI is InChI=1S/C24H36BrN5O2/c1-7-30(19-10-8-18(9-11-19)28(4)5)22-13-17(25)12-20(15(22)2)23(31)26-14-21-16(3)27-29(6)24(21)32/h12-13,18-19,27H,7-11,14H2,1-6H3,(H,26,31). The van der Waals surface area contributed by atoms with Crippen molar-refractivity contribution in [3.63, 3.8) is 0 Å². The molecular formula is C24H36BrN5O2. The quantitative estimate of drug-likeness (QED) is 0.601. The average Bonchev–Trinajstić information content (AvgIpc) is 3.00. The number of hydrogen-bond acceptors (Lipinski definition) is 4. The Morgan fingerprint density at radius 1 is 1.19 bits per heavy atom. The zero-order valence-corrected chi connectivity index (χ0v) is 21.7. The molecule has 3 rings (SSSR count). The zero-order chi connectivity index (χ0) is 23.6. The molecule has 0 saturated heterocycles. The van der Waals surface area contributed by atoms with Crippen LogP contribution in [0.3, 0.4) is 0 Å². The van der Waals surface area contributed by atoms with Crippen molar-refractivity contribution >= 4 is 27.5 Å². The van der Waals surface area contributed by atoms with E-state index in [0.29, 0.717) is 23.2 Å². The van der Waals surface area contributed by atoms with Gasteiger partial charge in [0.1, 0.15) is 0 Å². The lowest BCUT2D eigenvalue weighted by atomic mass is 9.89. The van der Waals surface area contributed by atoms with E-state index in [-0.39, 0.29) is 18.0 Å². The number of hydrogen-bond donors (Lipinski definition) is 2. The van der Waals surface area contributed by atoms with Crippen LogP contribution in [0.5, 0.6) is 0 Å². The molecule has 0 atom stereocenters. The predicted octanol–water partition coefficient (Wildman–Crippen LogP) is 3.72. The first-order chi connectivity index (χ1) is 15.1. The van der Waals surface area contributed by atoms with Crippen LogP contribution in [0.15, 0.2) is 21.4 Å². The van der Waals surface area contributed by atoms with Gasteiger partial charge in [0.25, 0.3) is 11.5 Å². The van der Waals surface area contributed by atoms with Crippen molar-refractivity contribution in [2.24, 2.45) is 7.05 Å². The van der Waals surface area contributed by atoms with Gasteiger partial charge in [-0.1, -0.05) is 15.9 Å². The summed E-state index contributed by atoms with van der Waals surface area (Å²) in [5.41, 5.74) is 3.96. The molecule has 8 heteroatoms. The Kier molecular flexibility index (Phi) is 7.88. The van der Waals surface area contributed by atoms with Crippen LogP contribution in [0.4, 0.5) is 5.69 Å². The molecule has 1 heterocycles. The summed E-state index contributed by atoms with van der Waals surface area (Å²) in [6.07, 6.45) is 4.69. The number of amides is 1. The van der Waals surface area contributed by atoms with E-state index in [4.69, 9.17) is 0 Å². The van der Waals surface area contributed by atoms with E-state index in [1.807, 2.05) is 19.9 Å². The molecule has 0 aliphatic heterocycles. The van der Waals surface area contributed by atoms with Gasteiger partial charge in [-0.2, -0.15) is 0 Å². The van der Waals surface area contributed by atoms with E-state index in [1.165, 1.54) is 17.5 Å². The normalized spacial score (nSPS) is 18.8. The van der Waals surface area contributed by atoms with Crippen LogP contribution in [-0.2, 0) is 13.6 Å². The lowest BCUT2D eigenvalue weighted by molar-refractivity contribution is 0.0950. The summed E-state index contributed by atoms with van der Waals surface area (Å²) in [5, 5.41) is 5.92. The van der Waals surface area contributed by atoms with Crippen molar-refractivity contribution < 1.29 is 4.79 Å². The molecule has 1 aromatic carbocycles. The van der Waals surface area contributed by atoms with Gasteiger partial charge in [0.2, 0.25) is 0 Å². The number of aryl methyl sites for hydroxylation is 2. The minimum atomic E-state index is -0.167. The highest BCUT2D eigenvalue weighted by atomic mass is 79.9. The molecule has 0 unspecified atom stereocenters. The first-order valence-corrected chi connectivity index (χ1v) is 12.2. The van der Waals surface area contributed by atoms with Crippen LogP contribution in [0.2, 0.25) is 0 Å². The van der Waals surface area contributed by atoms with Crippen LogP contribution in [0, 0.1) is 13.8 Å². The average molecular weight is 506 g/mol. The van der Waals surface area contributed by atoms with E-state index in [0.717, 1.165) is 40.8 Å². The Morgan fingerprint density at radius 2 is 1.81 bits per heavy atom. The number of aromatic amines is 1. The van der Waals surface area contributed by atoms with Crippen molar-refractivity contribution in [2.45, 2.75) is 65.1 Å². The molecule has 0 bridgehead atoms. The molecule has 0 spiro atoms. The molecule has 1 aromatic heterocycles. The number of halogens is 1. The molecular weight excluding hydrogens is 470 g/mol. The van der Waals surface area contributed by atoms with Crippen LogP contribution < -0.4 is 15.8 Å². The van der Waals surface area contributed by atoms with Gasteiger partial charge < -0.3 is 15.1 Å². The topological polar surface area (TPSA) is 73.4 Å². The number of benzene rings is 1. The molecule has 1 saturated carbocycles. The van der Waals surface area contributed by atoms with Gasteiger partial charge in [0.15, 0.2) is 0 Å². The Bertz CT molecular complexity index is 1020. The van der Waals surface area contributed by atoms with Gasteiger partial charge in [-0.25, -0.2) is 0 Å². The number of rotatable bonds is 7. The molecule has 176 valence electrons. The molecule has 2 aromatic rings. The Labute approximate surface area is 199 Å². The van der Waals surface area contributed by atoms with Gasteiger partial charge in [-0.3, -0.25) is 19.4 Å². The van der Waals surface area contributed by atoms with Crippen molar-refractivity contribution in [3.8, 4) is 0 Å². The summed E-state index contributed by atoms with van der Waals surface area (Å²) >= 11 is 3.62. The maximum atomic E-state index is 13.1. The fourth-order valence-electron chi connectivity index (χ4n) is 4.92. The third-order valence-corrected chi connectivity index (χ3v) is 7.31. The van der Waals surface area contributed by atoms with Gasteiger partial charge in [-0.05, 0) is 78.2 Å². The molecule has 1 aliphatic rings. The number of nitrogens with one attached hydrogen (secondary N) is 2. The van der Waals surface area contributed by atoms with Crippen LogP contribution in [0.1, 0.15) is 59.8 Å². The molecule has 1 amide bonds. The molecule has 1 aliphatic carbocycles. The van der Waals surface area contributed by atoms with E-state index in [1.54, 1.807) is 7.05 Å². The fraction of sp³-hybridized carbons (Fsp3) is 0.583. The smallest absolute Gasteiger partial charge is 0.271 e. The monoisotopic (exact) mass is 505 g/mol. The van der Waals surface area contributed by atoms with E-state index in [9.17, 15) is 9.59 Å². The lowest BCUT2D eigenvalue weighted by Crippen LogP contribution is -2.42. The predicted molar refractivity (Wildman–Crippen MR) is 134 cm³/mol. The van der Waals surface area contributed by atoms with Crippen molar-refractivity contribution in [1.82, 2.24) is 20.0 Å². The maximum Gasteiger partial charge on any atom is 0.271 e. The number of carbonyl (C=O) groups excluding carboxylic acids is 1. The van der Waals surface area contributed by atoms with Crippen LogP contribution >= 0.6 is 15.9 Å². The van der Waals surface area contributed by atoms with Gasteiger partial charge in [0, 0.05) is 47.1 Å². The number of nitrogens with zero attached hydrogens (tertiary/aromatic N) is 3. The Hall–Kier alpha value is -2.06. The molecule has 1 fully saturated rings. The third-order valence-electron chi connectivity index (χ3n) is 6.85. The molecule has 2 N–H and O–H groups in total. The second-order valence-electron chi connectivity index (χ2n) is 9.07. The first kappa shape index (κ1) is 24.6. The van der Waals surface area contributed by atoms with E-state index in [2.05, 4.69) is 63.2 Å². The highest BCUT2D eigenvalue weighted by Gasteiger charge is 2.28. The molecule has 0 radical (unpaired) electrons. The number of H-pyrrole nitrogens is 1. The number of aromatic nitrogens is 2. The van der Waals surface area contributed by atoms with Crippen LogP contribution in [0.25, 0.3) is 0 Å². The van der Waals surface area contributed by atoms with Gasteiger partial charge in [0.05, 0.1) is 12.1 Å². The zero-order valence-electron chi connectivity index (χ0n) is 20.1. The van der Waals surface area contributed by atoms with Crippen LogP contribution in [-0.4, -0.2) is 53.3 Å². The Balaban J connectivity index is 1.81. The van der Waals surface area contributed by atoms with Gasteiger partial charge in [-0.15, -0.1) is 0 Å². The van der Waals surface area contributed by atoms with E-state index >= 15 is 0 Å². The minimum Gasteiger partial charge on any atom is -0.369 e. The first-order valence-electron chi connectivity index (χ1n) is 11.4. The molecule has 32 heavy (non-hydrogen) atoms. The number of carbonyl (C=O) groups is 1. The second kappa shape index (κ2) is 10.3. The highest BCUT2D eigenvalue weighted by molar-refractivity contribution is 9.10. The number of anilines is 1. The van der Waals surface area contributed by atoms with Crippen molar-refractivity contribution in [2.75, 3.05) is 25.5 Å². The molecule has 7 nitrogen and oxygen atoms in total. The Morgan fingerprint density at radius 3 is 2.34 bits per heavy atom. The van der Waals surface area contributed by atoms with Gasteiger partial charge >= 0.3 is 0 Å². The largest absolute Gasteiger partial charge is 0.369 e. The van der Waals surface area contributed by atoms with Crippen molar-refractivity contribution in [3.05, 3.63) is 49.3 Å². The highest BCUT2D eigenvalue weighted by Crippen LogP contribution is 2.34. The minimum absolute atomic E-state index is 0.111. The summed E-state index contributed by atoms with van der Waals surface area (Å²) in [6, 6.07) is 5.12. The summed E-state index contributed by atoms with van der Waals surface area (Å²) in [5.74, 6) is -0.167. The maximum absolute atomic E-state index is 13.1.